The number of anilines is 2. The third-order valence-corrected chi connectivity index (χ3v) is 7.74. The number of nitrogens with one attached hydrogen (secondary N) is 1. The highest BCUT2D eigenvalue weighted by molar-refractivity contribution is 8.00. The molecule has 0 amide bonds. The number of thiophene rings is 1. The number of nitrogens with two attached hydrogens (primary N) is 1. The van der Waals surface area contributed by atoms with Crippen LogP contribution in [-0.2, 0) is 15.2 Å². The highest BCUT2D eigenvalue weighted by Gasteiger charge is 2.21. The fourth-order valence-electron chi connectivity index (χ4n) is 3.14. The summed E-state index contributed by atoms with van der Waals surface area (Å²) in [5.41, 5.74) is 6.93. The highest BCUT2D eigenvalue weighted by Crippen LogP contribution is 2.34. The second-order valence-electron chi connectivity index (χ2n) is 6.66. The first kappa shape index (κ1) is 21.2. The maximum atomic E-state index is 12.1. The van der Waals surface area contributed by atoms with E-state index in [0.717, 1.165) is 41.0 Å². The zero-order chi connectivity index (χ0) is 21.1. The van der Waals surface area contributed by atoms with Crippen molar-refractivity contribution in [2.24, 2.45) is 0 Å². The fourth-order valence-corrected chi connectivity index (χ4v) is 5.86. The van der Waals surface area contributed by atoms with Crippen molar-refractivity contribution in [2.75, 3.05) is 30.8 Å². The van der Waals surface area contributed by atoms with Gasteiger partial charge in [-0.2, -0.15) is 0 Å². The van der Waals surface area contributed by atoms with Crippen LogP contribution >= 0.6 is 34.4 Å². The van der Waals surface area contributed by atoms with E-state index in [1.807, 2.05) is 6.92 Å². The van der Waals surface area contributed by atoms with Crippen LogP contribution in [0.5, 0.6) is 0 Å². The molecule has 0 aromatic carbocycles. The molecule has 1 saturated heterocycles. The van der Waals surface area contributed by atoms with E-state index in [2.05, 4.69) is 25.5 Å². The number of carbonyl (C=O) groups is 1. The van der Waals surface area contributed by atoms with E-state index in [9.17, 15) is 4.79 Å². The van der Waals surface area contributed by atoms with Gasteiger partial charge in [0.15, 0.2) is 4.34 Å². The summed E-state index contributed by atoms with van der Waals surface area (Å²) < 4.78 is 11.5. The number of esters is 1. The van der Waals surface area contributed by atoms with Gasteiger partial charge >= 0.3 is 5.97 Å². The lowest BCUT2D eigenvalue weighted by atomic mass is 10.2. The van der Waals surface area contributed by atoms with Crippen LogP contribution in [0.4, 0.5) is 10.9 Å². The number of aromatic nitrogens is 4. The number of rotatable bonds is 8. The first-order valence-corrected chi connectivity index (χ1v) is 12.2. The van der Waals surface area contributed by atoms with Crippen LogP contribution in [0, 0.1) is 6.92 Å². The Balaban J connectivity index is 1.42. The third-order valence-electron chi connectivity index (χ3n) is 4.56. The molecule has 0 radical (unpaired) electrons. The predicted octanol–water partition coefficient (Wildman–Crippen LogP) is 3.49. The van der Waals surface area contributed by atoms with Gasteiger partial charge < -0.3 is 20.5 Å². The number of hydrogen-bond acceptors (Lipinski definition) is 12. The van der Waals surface area contributed by atoms with E-state index in [4.69, 9.17) is 15.2 Å². The zero-order valence-corrected chi connectivity index (χ0v) is 19.1. The summed E-state index contributed by atoms with van der Waals surface area (Å²) in [5.74, 6) is 1.11. The van der Waals surface area contributed by atoms with Crippen LogP contribution in [0.3, 0.4) is 0 Å². The van der Waals surface area contributed by atoms with Gasteiger partial charge in [0.25, 0.3) is 0 Å². The average Bonchev–Trinajstić information content (AvgIpc) is 3.45. The van der Waals surface area contributed by atoms with Crippen molar-refractivity contribution in [2.45, 2.75) is 42.9 Å². The minimum absolute atomic E-state index is 0.252. The molecule has 0 aliphatic carbocycles. The Kier molecular flexibility index (Phi) is 6.66. The number of fused-ring (bicyclic) bond motifs is 1. The molecular formula is C18H22N6O3S3. The molecule has 30 heavy (non-hydrogen) atoms. The lowest BCUT2D eigenvalue weighted by molar-refractivity contribution is 0.0531. The van der Waals surface area contributed by atoms with Crippen molar-refractivity contribution in [3.8, 4) is 0 Å². The van der Waals surface area contributed by atoms with Crippen LogP contribution in [0.1, 0.15) is 40.8 Å². The number of hydrogen-bond donors (Lipinski definition) is 2. The summed E-state index contributed by atoms with van der Waals surface area (Å²) in [5, 5.41) is 13.2. The predicted molar refractivity (Wildman–Crippen MR) is 119 cm³/mol. The number of aryl methyl sites for hydroxylation is 1. The SMILES string of the molecule is CCOC(=O)c1sc2nc(CSc3nnc(NCC4CCCO4)s3)nc(N)c2c1C. The maximum absolute atomic E-state index is 12.1. The topological polar surface area (TPSA) is 125 Å². The largest absolute Gasteiger partial charge is 0.462 e. The van der Waals surface area contributed by atoms with Crippen LogP contribution in [0.15, 0.2) is 4.34 Å². The van der Waals surface area contributed by atoms with Crippen LogP contribution < -0.4 is 11.1 Å². The van der Waals surface area contributed by atoms with Gasteiger partial charge in [-0.1, -0.05) is 23.1 Å². The number of carbonyl (C=O) groups excluding carboxylic acids is 1. The second kappa shape index (κ2) is 9.41. The average molecular weight is 467 g/mol. The molecule has 3 N–H and O–H groups in total. The van der Waals surface area contributed by atoms with E-state index in [0.29, 0.717) is 39.1 Å². The molecule has 1 fully saturated rings. The van der Waals surface area contributed by atoms with E-state index in [1.54, 1.807) is 6.92 Å². The van der Waals surface area contributed by atoms with Crippen molar-refractivity contribution in [1.82, 2.24) is 20.2 Å². The Morgan fingerprint density at radius 3 is 3.00 bits per heavy atom. The summed E-state index contributed by atoms with van der Waals surface area (Å²) in [6.45, 7) is 5.52. The molecule has 160 valence electrons. The van der Waals surface area contributed by atoms with Crippen molar-refractivity contribution in [1.29, 1.82) is 0 Å². The molecule has 4 rings (SSSR count). The monoisotopic (exact) mass is 466 g/mol. The van der Waals surface area contributed by atoms with Gasteiger partial charge in [-0.25, -0.2) is 14.8 Å². The normalized spacial score (nSPS) is 16.3. The van der Waals surface area contributed by atoms with Crippen LogP contribution in [-0.4, -0.2) is 52.0 Å². The van der Waals surface area contributed by atoms with Crippen molar-refractivity contribution in [3.05, 3.63) is 16.3 Å². The smallest absolute Gasteiger partial charge is 0.348 e. The van der Waals surface area contributed by atoms with Gasteiger partial charge in [0.2, 0.25) is 5.13 Å². The molecule has 1 unspecified atom stereocenters. The van der Waals surface area contributed by atoms with E-state index < -0.39 is 0 Å². The number of ether oxygens (including phenoxy) is 2. The standard InChI is InChI=1S/C18H22N6O3S3/c1-3-26-16(25)13-9(2)12-14(19)21-11(22-15(12)29-13)8-28-18-24-23-17(30-18)20-7-10-5-4-6-27-10/h10H,3-8H2,1-2H3,(H,20,23)(H2,19,21,22). The second-order valence-corrected chi connectivity index (χ2v) is 9.86. The van der Waals surface area contributed by atoms with E-state index >= 15 is 0 Å². The van der Waals surface area contributed by atoms with Gasteiger partial charge in [-0.3, -0.25) is 0 Å². The first-order chi connectivity index (χ1) is 14.5. The van der Waals surface area contributed by atoms with Gasteiger partial charge in [0.1, 0.15) is 21.3 Å². The molecule has 3 aromatic heterocycles. The molecule has 0 saturated carbocycles. The van der Waals surface area contributed by atoms with Crippen molar-refractivity contribution >= 4 is 61.6 Å². The molecular weight excluding hydrogens is 444 g/mol. The van der Waals surface area contributed by atoms with Crippen LogP contribution in [0.2, 0.25) is 0 Å². The molecule has 3 aromatic rings. The minimum Gasteiger partial charge on any atom is -0.462 e. The number of nitrogen functional groups attached to an aromatic ring is 1. The van der Waals surface area contributed by atoms with Gasteiger partial charge in [0.05, 0.1) is 23.8 Å². The molecule has 0 bridgehead atoms. The zero-order valence-electron chi connectivity index (χ0n) is 16.6. The van der Waals surface area contributed by atoms with Gasteiger partial charge in [-0.05, 0) is 32.3 Å². The Hall–Kier alpha value is -2.02. The molecule has 9 nitrogen and oxygen atoms in total. The van der Waals surface area contributed by atoms with Gasteiger partial charge in [0, 0.05) is 13.2 Å². The quantitative estimate of drug-likeness (QED) is 0.376. The number of thioether (sulfide) groups is 1. The summed E-state index contributed by atoms with van der Waals surface area (Å²) in [7, 11) is 0. The molecule has 0 spiro atoms. The Morgan fingerprint density at radius 1 is 1.37 bits per heavy atom. The summed E-state index contributed by atoms with van der Waals surface area (Å²) in [6.07, 6.45) is 2.44. The molecule has 12 heteroatoms. The fraction of sp³-hybridized carbons (Fsp3) is 0.500. The lowest BCUT2D eigenvalue weighted by Crippen LogP contribution is -2.18. The highest BCUT2D eigenvalue weighted by atomic mass is 32.2. The van der Waals surface area contributed by atoms with Crippen LogP contribution in [0.25, 0.3) is 10.2 Å². The van der Waals surface area contributed by atoms with Crippen molar-refractivity contribution in [3.63, 3.8) is 0 Å². The molecule has 1 aliphatic heterocycles. The summed E-state index contributed by atoms with van der Waals surface area (Å²) in [4.78, 5) is 22.4. The Labute approximate surface area is 185 Å². The molecule has 1 atom stereocenters. The first-order valence-electron chi connectivity index (χ1n) is 9.59. The third kappa shape index (κ3) is 4.66. The summed E-state index contributed by atoms with van der Waals surface area (Å²) >= 11 is 4.27. The lowest BCUT2D eigenvalue weighted by Gasteiger charge is -2.08. The number of nitrogens with zero attached hydrogens (tertiary/aromatic N) is 4. The minimum atomic E-state index is -0.356. The van der Waals surface area contributed by atoms with E-state index in [-0.39, 0.29) is 12.1 Å². The Morgan fingerprint density at radius 2 is 2.23 bits per heavy atom. The van der Waals surface area contributed by atoms with E-state index in [1.165, 1.54) is 34.4 Å². The van der Waals surface area contributed by atoms with Gasteiger partial charge in [-0.15, -0.1) is 21.5 Å². The summed E-state index contributed by atoms with van der Waals surface area (Å²) in [6, 6.07) is 0. The van der Waals surface area contributed by atoms with Crippen molar-refractivity contribution < 1.29 is 14.3 Å². The maximum Gasteiger partial charge on any atom is 0.348 e. The Bertz CT molecular complexity index is 1050. The molecule has 4 heterocycles. The molecule has 1 aliphatic rings.